The van der Waals surface area contributed by atoms with Gasteiger partial charge in [0, 0.05) is 0 Å². The monoisotopic (exact) mass is 337 g/mol. The van der Waals surface area contributed by atoms with E-state index in [-0.39, 0.29) is 0 Å². The molecule has 0 N–H and O–H groups in total. The van der Waals surface area contributed by atoms with Crippen LogP contribution in [0.4, 0.5) is 13.2 Å². The van der Waals surface area contributed by atoms with Gasteiger partial charge in [-0.05, 0) is 35.9 Å². The van der Waals surface area contributed by atoms with Gasteiger partial charge in [-0.2, -0.15) is 18.4 Å². The van der Waals surface area contributed by atoms with Gasteiger partial charge in [-0.1, -0.05) is 41.9 Å². The molecule has 0 spiro atoms. The predicted molar refractivity (Wildman–Crippen MR) is 81.3 cm³/mol. The number of hydrogen-bond acceptors (Lipinski definition) is 2. The van der Waals surface area contributed by atoms with Gasteiger partial charge in [0.05, 0.1) is 12.0 Å². The van der Waals surface area contributed by atoms with Gasteiger partial charge in [-0.15, -0.1) is 0 Å². The lowest BCUT2D eigenvalue weighted by Crippen LogP contribution is -2.08. The lowest BCUT2D eigenvalue weighted by molar-refractivity contribution is -0.0847. The summed E-state index contributed by atoms with van der Waals surface area (Å²) in [7, 11) is 0. The van der Waals surface area contributed by atoms with Crippen LogP contribution in [0.5, 0.6) is 11.5 Å². The molecule has 0 bridgehead atoms. The summed E-state index contributed by atoms with van der Waals surface area (Å²) in [5, 5.41) is 7.79. The SMILES string of the molecule is N#C[C@@H](/C=C(/Cl)C(F)(F)F)c1cccc(Oc2ccccc2)c1. The van der Waals surface area contributed by atoms with E-state index in [4.69, 9.17) is 21.6 Å². The quantitative estimate of drug-likeness (QED) is 0.709. The first-order chi connectivity index (χ1) is 10.9. The third kappa shape index (κ3) is 4.76. The van der Waals surface area contributed by atoms with E-state index in [2.05, 4.69) is 0 Å². The number of rotatable bonds is 4. The van der Waals surface area contributed by atoms with Crippen LogP contribution in [0.2, 0.25) is 0 Å². The molecule has 0 amide bonds. The largest absolute Gasteiger partial charge is 0.457 e. The van der Waals surface area contributed by atoms with Crippen LogP contribution in [-0.4, -0.2) is 6.18 Å². The predicted octanol–water partition coefficient (Wildman–Crippen LogP) is 5.77. The standard InChI is InChI=1S/C17H11ClF3NO/c18-16(17(19,20)21)10-13(11-22)12-5-4-8-15(9-12)23-14-6-2-1-3-7-14/h1-10,13H/b16-10+/t13-/m1/s1. The highest BCUT2D eigenvalue weighted by Crippen LogP contribution is 2.33. The second-order valence-electron chi connectivity index (χ2n) is 4.61. The third-order valence-electron chi connectivity index (χ3n) is 2.92. The average molecular weight is 338 g/mol. The Morgan fingerprint density at radius 3 is 2.35 bits per heavy atom. The molecular formula is C17H11ClF3NO. The van der Waals surface area contributed by atoms with Gasteiger partial charge >= 0.3 is 6.18 Å². The molecule has 1 atom stereocenters. The molecule has 0 aromatic heterocycles. The van der Waals surface area contributed by atoms with Crippen molar-refractivity contribution in [1.82, 2.24) is 0 Å². The summed E-state index contributed by atoms with van der Waals surface area (Å²) in [6.07, 6.45) is -3.99. The van der Waals surface area contributed by atoms with Gasteiger partial charge < -0.3 is 4.74 Å². The molecule has 2 aromatic rings. The van der Waals surface area contributed by atoms with Gasteiger partial charge in [0.1, 0.15) is 16.5 Å². The molecule has 0 unspecified atom stereocenters. The summed E-state index contributed by atoms with van der Waals surface area (Å²) < 4.78 is 43.1. The second kappa shape index (κ2) is 7.21. The fourth-order valence-electron chi connectivity index (χ4n) is 1.84. The zero-order chi connectivity index (χ0) is 16.9. The molecule has 2 rings (SSSR count). The Balaban J connectivity index is 2.26. The zero-order valence-corrected chi connectivity index (χ0v) is 12.5. The van der Waals surface area contributed by atoms with E-state index in [1.807, 2.05) is 6.07 Å². The van der Waals surface area contributed by atoms with Gasteiger partial charge in [0.15, 0.2) is 0 Å². The van der Waals surface area contributed by atoms with E-state index in [1.54, 1.807) is 48.5 Å². The van der Waals surface area contributed by atoms with Crippen LogP contribution in [0.25, 0.3) is 0 Å². The Labute approximate surface area is 136 Å². The van der Waals surface area contributed by atoms with Crippen molar-refractivity contribution < 1.29 is 17.9 Å². The van der Waals surface area contributed by atoms with Crippen molar-refractivity contribution in [3.63, 3.8) is 0 Å². The number of allylic oxidation sites excluding steroid dienone is 2. The maximum Gasteiger partial charge on any atom is 0.426 e. The molecule has 118 valence electrons. The Hall–Kier alpha value is -2.45. The van der Waals surface area contributed by atoms with Crippen molar-refractivity contribution in [1.29, 1.82) is 5.26 Å². The number of halogens is 4. The van der Waals surface area contributed by atoms with E-state index in [0.29, 0.717) is 23.1 Å². The van der Waals surface area contributed by atoms with Gasteiger partial charge in [-0.25, -0.2) is 0 Å². The summed E-state index contributed by atoms with van der Waals surface area (Å²) in [4.78, 5) is 0. The van der Waals surface area contributed by atoms with Gasteiger partial charge in [-0.3, -0.25) is 0 Å². The first-order valence-corrected chi connectivity index (χ1v) is 6.95. The summed E-state index contributed by atoms with van der Waals surface area (Å²) in [5.74, 6) is -0.115. The fourth-order valence-corrected chi connectivity index (χ4v) is 1.97. The minimum absolute atomic E-state index is 0.364. The molecule has 0 radical (unpaired) electrons. The molecule has 0 aliphatic rings. The third-order valence-corrected chi connectivity index (χ3v) is 3.26. The normalized spacial score (nSPS) is 13.3. The molecule has 2 nitrogen and oxygen atoms in total. The molecule has 0 heterocycles. The van der Waals surface area contributed by atoms with Crippen molar-refractivity contribution in [2.24, 2.45) is 0 Å². The van der Waals surface area contributed by atoms with E-state index in [9.17, 15) is 13.2 Å². The Morgan fingerprint density at radius 2 is 1.74 bits per heavy atom. The molecular weight excluding hydrogens is 327 g/mol. The number of benzene rings is 2. The number of nitrogens with zero attached hydrogens (tertiary/aromatic N) is 1. The molecule has 0 aliphatic heterocycles. The minimum atomic E-state index is -4.67. The first-order valence-electron chi connectivity index (χ1n) is 6.57. The van der Waals surface area contributed by atoms with Crippen LogP contribution in [0, 0.1) is 11.3 Å². The second-order valence-corrected chi connectivity index (χ2v) is 5.01. The van der Waals surface area contributed by atoms with Crippen molar-refractivity contribution in [2.75, 3.05) is 0 Å². The lowest BCUT2D eigenvalue weighted by atomic mass is 10.00. The van der Waals surface area contributed by atoms with Crippen LogP contribution in [-0.2, 0) is 0 Å². The Morgan fingerprint density at radius 1 is 1.09 bits per heavy atom. The average Bonchev–Trinajstić information content (AvgIpc) is 2.52. The maximum atomic E-state index is 12.5. The van der Waals surface area contributed by atoms with Gasteiger partial charge in [0.25, 0.3) is 0 Å². The van der Waals surface area contributed by atoms with Crippen molar-refractivity contribution in [2.45, 2.75) is 12.1 Å². The van der Waals surface area contributed by atoms with Crippen LogP contribution < -0.4 is 4.74 Å². The molecule has 23 heavy (non-hydrogen) atoms. The topological polar surface area (TPSA) is 33.0 Å². The Kier molecular flexibility index (Phi) is 5.30. The summed E-state index contributed by atoms with van der Waals surface area (Å²) >= 11 is 5.20. The van der Waals surface area contributed by atoms with Crippen molar-refractivity contribution in [3.05, 3.63) is 71.3 Å². The highest BCUT2D eigenvalue weighted by Gasteiger charge is 2.33. The molecule has 0 saturated carbocycles. The van der Waals surface area contributed by atoms with E-state index >= 15 is 0 Å². The maximum absolute atomic E-state index is 12.5. The molecule has 0 aliphatic carbocycles. The van der Waals surface area contributed by atoms with Gasteiger partial charge in [0.2, 0.25) is 0 Å². The highest BCUT2D eigenvalue weighted by atomic mass is 35.5. The Bertz CT molecular complexity index is 735. The summed E-state index contributed by atoms with van der Waals surface area (Å²) in [6.45, 7) is 0. The number of ether oxygens (including phenoxy) is 1. The van der Waals surface area contributed by atoms with E-state index < -0.39 is 17.1 Å². The fraction of sp³-hybridized carbons (Fsp3) is 0.118. The summed E-state index contributed by atoms with van der Waals surface area (Å²) in [6, 6.07) is 17.0. The minimum Gasteiger partial charge on any atom is -0.457 e. The number of hydrogen-bond donors (Lipinski definition) is 0. The van der Waals surface area contributed by atoms with Crippen LogP contribution in [0.3, 0.4) is 0 Å². The first kappa shape index (κ1) is 16.9. The van der Waals surface area contributed by atoms with Crippen LogP contribution in [0.15, 0.2) is 65.7 Å². The van der Waals surface area contributed by atoms with Crippen molar-refractivity contribution in [3.8, 4) is 17.6 Å². The molecule has 6 heteroatoms. The van der Waals surface area contributed by atoms with Crippen LogP contribution >= 0.6 is 11.6 Å². The number of alkyl halides is 3. The number of para-hydroxylation sites is 1. The van der Waals surface area contributed by atoms with Crippen molar-refractivity contribution >= 4 is 11.6 Å². The molecule has 2 aromatic carbocycles. The zero-order valence-electron chi connectivity index (χ0n) is 11.7. The number of nitriles is 1. The van der Waals surface area contributed by atoms with Crippen LogP contribution in [0.1, 0.15) is 11.5 Å². The molecule has 0 fully saturated rings. The highest BCUT2D eigenvalue weighted by molar-refractivity contribution is 6.30. The lowest BCUT2D eigenvalue weighted by Gasteiger charge is -2.11. The van der Waals surface area contributed by atoms with E-state index in [0.717, 1.165) is 0 Å². The van der Waals surface area contributed by atoms with E-state index in [1.165, 1.54) is 6.07 Å². The molecule has 0 saturated heterocycles. The smallest absolute Gasteiger partial charge is 0.426 e. The summed E-state index contributed by atoms with van der Waals surface area (Å²) in [5.41, 5.74) is 0.364.